The van der Waals surface area contributed by atoms with Gasteiger partial charge in [-0.15, -0.1) is 0 Å². The summed E-state index contributed by atoms with van der Waals surface area (Å²) in [6.45, 7) is 2.42. The van der Waals surface area contributed by atoms with Crippen LogP contribution in [0.4, 0.5) is 0 Å². The van der Waals surface area contributed by atoms with Crippen molar-refractivity contribution in [3.05, 3.63) is 60.4 Å². The summed E-state index contributed by atoms with van der Waals surface area (Å²) >= 11 is 0. The zero-order valence-electron chi connectivity index (χ0n) is 15.2. The number of ether oxygens (including phenoxy) is 1. The number of benzene rings is 2. The largest absolute Gasteiger partial charge is 0.486 e. The minimum absolute atomic E-state index is 0.00724. The summed E-state index contributed by atoms with van der Waals surface area (Å²) < 4.78 is 7.82. The highest BCUT2D eigenvalue weighted by molar-refractivity contribution is 5.81. The van der Waals surface area contributed by atoms with Crippen LogP contribution < -0.4 is 15.4 Å². The highest BCUT2D eigenvalue weighted by atomic mass is 16.5. The number of aromatic nitrogens is 2. The van der Waals surface area contributed by atoms with Gasteiger partial charge in [0.2, 0.25) is 5.91 Å². The molecule has 2 heterocycles. The fraction of sp³-hybridized carbons (Fsp3) is 0.333. The molecule has 1 fully saturated rings. The summed E-state index contributed by atoms with van der Waals surface area (Å²) in [5, 5.41) is 6.46. The predicted octanol–water partition coefficient (Wildman–Crippen LogP) is 2.48. The lowest BCUT2D eigenvalue weighted by Crippen LogP contribution is -2.46. The second kappa shape index (κ2) is 8.22. The van der Waals surface area contributed by atoms with Crippen LogP contribution >= 0.6 is 0 Å². The SMILES string of the molecule is O=C(Cn1c(COc2ccccc2)nc2ccccc21)N[C@H]1CCCNC1. The number of hydrogen-bond acceptors (Lipinski definition) is 4. The molecule has 3 aromatic rings. The lowest BCUT2D eigenvalue weighted by Gasteiger charge is -2.24. The highest BCUT2D eigenvalue weighted by Crippen LogP contribution is 2.18. The number of nitrogens with zero attached hydrogens (tertiary/aromatic N) is 2. The maximum atomic E-state index is 12.6. The lowest BCUT2D eigenvalue weighted by atomic mass is 10.1. The number of carbonyl (C=O) groups excluding carboxylic acids is 1. The third kappa shape index (κ3) is 4.28. The average molecular weight is 364 g/mol. The van der Waals surface area contributed by atoms with Crippen LogP contribution in [0.1, 0.15) is 18.7 Å². The van der Waals surface area contributed by atoms with E-state index in [4.69, 9.17) is 4.74 Å². The number of hydrogen-bond donors (Lipinski definition) is 2. The van der Waals surface area contributed by atoms with Crippen LogP contribution in [0.25, 0.3) is 11.0 Å². The normalized spacial score (nSPS) is 17.0. The molecule has 0 unspecified atom stereocenters. The molecular formula is C21H24N4O2. The quantitative estimate of drug-likeness (QED) is 0.705. The Morgan fingerprint density at radius 1 is 1.19 bits per heavy atom. The minimum Gasteiger partial charge on any atom is -0.486 e. The maximum absolute atomic E-state index is 12.6. The number of nitrogens with one attached hydrogen (secondary N) is 2. The highest BCUT2D eigenvalue weighted by Gasteiger charge is 2.18. The zero-order chi connectivity index (χ0) is 18.5. The van der Waals surface area contributed by atoms with Gasteiger partial charge in [0, 0.05) is 12.6 Å². The van der Waals surface area contributed by atoms with Crippen molar-refractivity contribution in [1.82, 2.24) is 20.2 Å². The van der Waals surface area contributed by atoms with Gasteiger partial charge < -0.3 is 19.9 Å². The van der Waals surface area contributed by atoms with E-state index in [1.54, 1.807) is 0 Å². The number of carbonyl (C=O) groups is 1. The van der Waals surface area contributed by atoms with Crippen LogP contribution in [0.3, 0.4) is 0 Å². The van der Waals surface area contributed by atoms with Crippen molar-refractivity contribution in [2.45, 2.75) is 32.0 Å². The summed E-state index contributed by atoms with van der Waals surface area (Å²) in [4.78, 5) is 17.3. The molecule has 1 saturated heterocycles. The molecule has 6 nitrogen and oxygen atoms in total. The molecule has 2 N–H and O–H groups in total. The summed E-state index contributed by atoms with van der Waals surface area (Å²) in [6.07, 6.45) is 2.11. The van der Waals surface area contributed by atoms with Gasteiger partial charge in [-0.3, -0.25) is 4.79 Å². The van der Waals surface area contributed by atoms with Crippen molar-refractivity contribution >= 4 is 16.9 Å². The number of piperidine rings is 1. The van der Waals surface area contributed by atoms with E-state index in [0.29, 0.717) is 6.61 Å². The van der Waals surface area contributed by atoms with E-state index in [-0.39, 0.29) is 18.5 Å². The van der Waals surface area contributed by atoms with E-state index in [2.05, 4.69) is 15.6 Å². The molecule has 140 valence electrons. The van der Waals surface area contributed by atoms with E-state index in [1.807, 2.05) is 59.2 Å². The first-order valence-electron chi connectivity index (χ1n) is 9.41. The van der Waals surface area contributed by atoms with Gasteiger partial charge in [0.1, 0.15) is 24.7 Å². The third-order valence-electron chi connectivity index (χ3n) is 4.81. The van der Waals surface area contributed by atoms with Crippen LogP contribution in [0.15, 0.2) is 54.6 Å². The molecule has 0 saturated carbocycles. The second-order valence-electron chi connectivity index (χ2n) is 6.82. The second-order valence-corrected chi connectivity index (χ2v) is 6.82. The van der Waals surface area contributed by atoms with Crippen LogP contribution in [-0.2, 0) is 17.9 Å². The summed E-state index contributed by atoms with van der Waals surface area (Å²) in [5.74, 6) is 1.54. The van der Waals surface area contributed by atoms with Gasteiger partial charge in [-0.1, -0.05) is 30.3 Å². The molecule has 0 aliphatic carbocycles. The number of para-hydroxylation sites is 3. The monoisotopic (exact) mass is 364 g/mol. The van der Waals surface area contributed by atoms with E-state index >= 15 is 0 Å². The molecule has 1 aromatic heterocycles. The lowest BCUT2D eigenvalue weighted by molar-refractivity contribution is -0.122. The van der Waals surface area contributed by atoms with Crippen LogP contribution in [0, 0.1) is 0 Å². The minimum atomic E-state index is 0.00724. The van der Waals surface area contributed by atoms with E-state index < -0.39 is 0 Å². The topological polar surface area (TPSA) is 68.2 Å². The molecule has 0 spiro atoms. The van der Waals surface area contributed by atoms with Gasteiger partial charge in [-0.05, 0) is 43.7 Å². The molecule has 2 aromatic carbocycles. The molecule has 0 bridgehead atoms. The van der Waals surface area contributed by atoms with E-state index in [1.165, 1.54) is 0 Å². The first-order valence-corrected chi connectivity index (χ1v) is 9.41. The average Bonchev–Trinajstić information content (AvgIpc) is 3.05. The number of fused-ring (bicyclic) bond motifs is 1. The first kappa shape index (κ1) is 17.5. The Morgan fingerprint density at radius 3 is 2.81 bits per heavy atom. The Balaban J connectivity index is 1.51. The number of rotatable bonds is 6. The van der Waals surface area contributed by atoms with Crippen molar-refractivity contribution in [2.24, 2.45) is 0 Å². The third-order valence-corrected chi connectivity index (χ3v) is 4.81. The summed E-state index contributed by atoms with van der Waals surface area (Å²) in [5.41, 5.74) is 1.82. The van der Waals surface area contributed by atoms with Gasteiger partial charge in [-0.25, -0.2) is 4.98 Å². The Labute approximate surface area is 158 Å². The Morgan fingerprint density at radius 2 is 2.00 bits per heavy atom. The van der Waals surface area contributed by atoms with Gasteiger partial charge in [-0.2, -0.15) is 0 Å². The van der Waals surface area contributed by atoms with Gasteiger partial charge in [0.15, 0.2) is 0 Å². The summed E-state index contributed by atoms with van der Waals surface area (Å²) in [7, 11) is 0. The van der Waals surface area contributed by atoms with Crippen molar-refractivity contribution in [3.63, 3.8) is 0 Å². The molecule has 1 aliphatic heterocycles. The number of amides is 1. The van der Waals surface area contributed by atoms with Gasteiger partial charge >= 0.3 is 0 Å². The van der Waals surface area contributed by atoms with Crippen molar-refractivity contribution < 1.29 is 9.53 Å². The standard InChI is InChI=1S/C21H24N4O2/c26-21(23-16-7-6-12-22-13-16)14-25-19-11-5-4-10-18(19)24-20(25)15-27-17-8-2-1-3-9-17/h1-5,8-11,16,22H,6-7,12-15H2,(H,23,26)/t16-/m0/s1. The maximum Gasteiger partial charge on any atom is 0.240 e. The van der Waals surface area contributed by atoms with Gasteiger partial charge in [0.25, 0.3) is 0 Å². The van der Waals surface area contributed by atoms with Crippen molar-refractivity contribution in [2.75, 3.05) is 13.1 Å². The fourth-order valence-corrected chi connectivity index (χ4v) is 3.47. The smallest absolute Gasteiger partial charge is 0.240 e. The Bertz CT molecular complexity index is 901. The molecule has 1 aliphatic rings. The van der Waals surface area contributed by atoms with Crippen LogP contribution in [-0.4, -0.2) is 34.6 Å². The molecule has 4 rings (SSSR count). The number of imidazole rings is 1. The molecule has 1 atom stereocenters. The van der Waals surface area contributed by atoms with Gasteiger partial charge in [0.05, 0.1) is 11.0 Å². The molecule has 27 heavy (non-hydrogen) atoms. The molecule has 1 amide bonds. The molecule has 6 heteroatoms. The Hall–Kier alpha value is -2.86. The van der Waals surface area contributed by atoms with Crippen molar-refractivity contribution in [1.29, 1.82) is 0 Å². The van der Waals surface area contributed by atoms with E-state index in [9.17, 15) is 4.79 Å². The molecule has 0 radical (unpaired) electrons. The Kier molecular flexibility index (Phi) is 5.34. The zero-order valence-corrected chi connectivity index (χ0v) is 15.2. The van der Waals surface area contributed by atoms with Crippen LogP contribution in [0.2, 0.25) is 0 Å². The molecular weight excluding hydrogens is 340 g/mol. The fourth-order valence-electron chi connectivity index (χ4n) is 3.47. The first-order chi connectivity index (χ1) is 13.3. The predicted molar refractivity (Wildman–Crippen MR) is 105 cm³/mol. The summed E-state index contributed by atoms with van der Waals surface area (Å²) in [6, 6.07) is 17.7. The van der Waals surface area contributed by atoms with Crippen LogP contribution in [0.5, 0.6) is 5.75 Å². The van der Waals surface area contributed by atoms with Crippen molar-refractivity contribution in [3.8, 4) is 5.75 Å². The van der Waals surface area contributed by atoms with E-state index in [0.717, 1.165) is 48.5 Å².